The van der Waals surface area contributed by atoms with Gasteiger partial charge in [-0.05, 0) is 31.0 Å². The van der Waals surface area contributed by atoms with Crippen molar-refractivity contribution < 1.29 is 9.47 Å². The van der Waals surface area contributed by atoms with Crippen molar-refractivity contribution in [2.75, 3.05) is 20.3 Å². The van der Waals surface area contributed by atoms with E-state index in [1.54, 1.807) is 7.11 Å². The Labute approximate surface area is 104 Å². The minimum Gasteiger partial charge on any atom is -0.492 e. The van der Waals surface area contributed by atoms with Crippen LogP contribution in [0.4, 0.5) is 0 Å². The molecule has 1 aromatic rings. The van der Waals surface area contributed by atoms with Crippen molar-refractivity contribution in [1.82, 2.24) is 0 Å². The fraction of sp³-hybridized carbons (Fsp3) is 0.455. The largest absolute Gasteiger partial charge is 0.492 e. The Morgan fingerprint density at radius 2 is 2.00 bits per heavy atom. The van der Waals surface area contributed by atoms with Gasteiger partial charge in [-0.3, -0.25) is 0 Å². The molecular formula is C11H14BrClO2. The summed E-state index contributed by atoms with van der Waals surface area (Å²) in [6.07, 6.45) is 1.97. The lowest BCUT2D eigenvalue weighted by molar-refractivity contribution is 0.184. The van der Waals surface area contributed by atoms with Gasteiger partial charge < -0.3 is 9.47 Å². The molecule has 0 saturated heterocycles. The van der Waals surface area contributed by atoms with E-state index < -0.39 is 0 Å². The standard InChI is InChI=1S/C11H14BrClO2/c1-14-6-2-3-7-15-11-8-9(12)4-5-10(11)13/h4-5,8H,2-3,6-7H2,1H3. The van der Waals surface area contributed by atoms with Gasteiger partial charge in [0.2, 0.25) is 0 Å². The first-order valence-electron chi connectivity index (χ1n) is 4.81. The number of ether oxygens (including phenoxy) is 2. The topological polar surface area (TPSA) is 18.5 Å². The Morgan fingerprint density at radius 1 is 1.27 bits per heavy atom. The van der Waals surface area contributed by atoms with E-state index in [4.69, 9.17) is 21.1 Å². The molecule has 2 nitrogen and oxygen atoms in total. The fourth-order valence-electron chi connectivity index (χ4n) is 1.12. The van der Waals surface area contributed by atoms with Crippen molar-refractivity contribution in [1.29, 1.82) is 0 Å². The molecule has 1 aromatic carbocycles. The lowest BCUT2D eigenvalue weighted by Crippen LogP contribution is -1.99. The Hall–Kier alpha value is -0.250. The molecule has 0 fully saturated rings. The van der Waals surface area contributed by atoms with Gasteiger partial charge in [0.25, 0.3) is 0 Å². The van der Waals surface area contributed by atoms with Crippen molar-refractivity contribution in [2.24, 2.45) is 0 Å². The number of rotatable bonds is 6. The highest BCUT2D eigenvalue weighted by molar-refractivity contribution is 9.10. The smallest absolute Gasteiger partial charge is 0.139 e. The van der Waals surface area contributed by atoms with Gasteiger partial charge in [-0.1, -0.05) is 27.5 Å². The Bertz CT molecular complexity index is 305. The molecule has 0 aliphatic heterocycles. The van der Waals surface area contributed by atoms with Crippen LogP contribution in [0, 0.1) is 0 Å². The number of unbranched alkanes of at least 4 members (excludes halogenated alkanes) is 1. The van der Waals surface area contributed by atoms with Gasteiger partial charge in [-0.15, -0.1) is 0 Å². The van der Waals surface area contributed by atoms with Crippen LogP contribution in [0.5, 0.6) is 5.75 Å². The normalized spacial score (nSPS) is 10.3. The second-order valence-corrected chi connectivity index (χ2v) is 4.45. The number of hydrogen-bond donors (Lipinski definition) is 0. The minimum atomic E-state index is 0.643. The van der Waals surface area contributed by atoms with Crippen LogP contribution >= 0.6 is 27.5 Å². The maximum Gasteiger partial charge on any atom is 0.139 e. The zero-order chi connectivity index (χ0) is 11.1. The van der Waals surface area contributed by atoms with Gasteiger partial charge in [-0.25, -0.2) is 0 Å². The first kappa shape index (κ1) is 12.8. The summed E-state index contributed by atoms with van der Waals surface area (Å²) in [6, 6.07) is 5.58. The quantitative estimate of drug-likeness (QED) is 0.740. The van der Waals surface area contributed by atoms with Crippen LogP contribution in [0.15, 0.2) is 22.7 Å². The highest BCUT2D eigenvalue weighted by atomic mass is 79.9. The number of hydrogen-bond acceptors (Lipinski definition) is 2. The summed E-state index contributed by atoms with van der Waals surface area (Å²) in [5, 5.41) is 0.643. The maximum atomic E-state index is 5.97. The van der Waals surface area contributed by atoms with Crippen LogP contribution in [0.2, 0.25) is 5.02 Å². The number of benzene rings is 1. The summed E-state index contributed by atoms with van der Waals surface area (Å²) in [4.78, 5) is 0. The maximum absolute atomic E-state index is 5.97. The second-order valence-electron chi connectivity index (χ2n) is 3.12. The van der Waals surface area contributed by atoms with Crippen LogP contribution in [-0.4, -0.2) is 20.3 Å². The lowest BCUT2D eigenvalue weighted by Gasteiger charge is -2.07. The van der Waals surface area contributed by atoms with Crippen LogP contribution in [-0.2, 0) is 4.74 Å². The molecule has 15 heavy (non-hydrogen) atoms. The first-order chi connectivity index (χ1) is 7.24. The second kappa shape index (κ2) is 7.09. The first-order valence-corrected chi connectivity index (χ1v) is 5.98. The van der Waals surface area contributed by atoms with Crippen LogP contribution in [0.3, 0.4) is 0 Å². The predicted molar refractivity (Wildman–Crippen MR) is 65.8 cm³/mol. The molecule has 0 N–H and O–H groups in total. The van der Waals surface area contributed by atoms with Crippen molar-refractivity contribution >= 4 is 27.5 Å². The number of methoxy groups -OCH3 is 1. The molecule has 0 heterocycles. The van der Waals surface area contributed by atoms with Gasteiger partial charge >= 0.3 is 0 Å². The third-order valence-corrected chi connectivity index (χ3v) is 2.70. The predicted octanol–water partition coefficient (Wildman–Crippen LogP) is 3.91. The van der Waals surface area contributed by atoms with E-state index >= 15 is 0 Å². The molecule has 0 atom stereocenters. The summed E-state index contributed by atoms with van der Waals surface area (Å²) in [7, 11) is 1.70. The van der Waals surface area contributed by atoms with Gasteiger partial charge in [0, 0.05) is 18.2 Å². The Kier molecular flexibility index (Phi) is 6.06. The van der Waals surface area contributed by atoms with E-state index in [9.17, 15) is 0 Å². The molecule has 0 unspecified atom stereocenters. The van der Waals surface area contributed by atoms with Gasteiger partial charge in [0.05, 0.1) is 11.6 Å². The fourth-order valence-corrected chi connectivity index (χ4v) is 1.63. The van der Waals surface area contributed by atoms with Crippen molar-refractivity contribution in [3.63, 3.8) is 0 Å². The van der Waals surface area contributed by atoms with Crippen LogP contribution in [0.25, 0.3) is 0 Å². The SMILES string of the molecule is COCCCCOc1cc(Br)ccc1Cl. The highest BCUT2D eigenvalue weighted by Gasteiger charge is 2.01. The third-order valence-electron chi connectivity index (χ3n) is 1.89. The summed E-state index contributed by atoms with van der Waals surface area (Å²) in [5.41, 5.74) is 0. The molecule has 0 aromatic heterocycles. The molecule has 4 heteroatoms. The molecular weight excluding hydrogens is 279 g/mol. The zero-order valence-corrected chi connectivity index (χ0v) is 11.0. The van der Waals surface area contributed by atoms with Crippen molar-refractivity contribution in [2.45, 2.75) is 12.8 Å². The molecule has 0 spiro atoms. The van der Waals surface area contributed by atoms with Crippen LogP contribution in [0.1, 0.15) is 12.8 Å². The third kappa shape index (κ3) is 4.87. The van der Waals surface area contributed by atoms with E-state index in [-0.39, 0.29) is 0 Å². The summed E-state index contributed by atoms with van der Waals surface area (Å²) < 4.78 is 11.5. The summed E-state index contributed by atoms with van der Waals surface area (Å²) in [5.74, 6) is 0.725. The molecule has 0 saturated carbocycles. The van der Waals surface area contributed by atoms with Gasteiger partial charge in [0.15, 0.2) is 0 Å². The summed E-state index contributed by atoms with van der Waals surface area (Å²) in [6.45, 7) is 1.44. The Balaban J connectivity index is 2.33. The molecule has 0 bridgehead atoms. The lowest BCUT2D eigenvalue weighted by atomic mass is 10.3. The minimum absolute atomic E-state index is 0.643. The number of halogens is 2. The molecule has 0 aliphatic carbocycles. The average molecular weight is 294 g/mol. The average Bonchev–Trinajstić information content (AvgIpc) is 2.23. The monoisotopic (exact) mass is 292 g/mol. The highest BCUT2D eigenvalue weighted by Crippen LogP contribution is 2.27. The van der Waals surface area contributed by atoms with E-state index in [0.29, 0.717) is 11.6 Å². The Morgan fingerprint density at radius 3 is 2.73 bits per heavy atom. The van der Waals surface area contributed by atoms with E-state index in [1.165, 1.54) is 0 Å². The molecule has 0 radical (unpaired) electrons. The zero-order valence-electron chi connectivity index (χ0n) is 8.63. The van der Waals surface area contributed by atoms with Crippen molar-refractivity contribution in [3.05, 3.63) is 27.7 Å². The van der Waals surface area contributed by atoms with E-state index in [2.05, 4.69) is 15.9 Å². The molecule has 0 aliphatic rings. The summed E-state index contributed by atoms with van der Waals surface area (Å²) >= 11 is 9.34. The van der Waals surface area contributed by atoms with Gasteiger partial charge in [-0.2, -0.15) is 0 Å². The van der Waals surface area contributed by atoms with E-state index in [1.807, 2.05) is 18.2 Å². The molecule has 84 valence electrons. The van der Waals surface area contributed by atoms with Crippen molar-refractivity contribution in [3.8, 4) is 5.75 Å². The van der Waals surface area contributed by atoms with E-state index in [0.717, 1.165) is 29.7 Å². The molecule has 1 rings (SSSR count). The molecule has 0 amide bonds. The van der Waals surface area contributed by atoms with Gasteiger partial charge in [0.1, 0.15) is 5.75 Å². The van der Waals surface area contributed by atoms with Crippen LogP contribution < -0.4 is 4.74 Å².